The molecule has 0 aliphatic rings. The second kappa shape index (κ2) is 5.48. The Kier molecular flexibility index (Phi) is 3.97. The lowest BCUT2D eigenvalue weighted by Crippen LogP contribution is -2.05. The molecule has 18 heavy (non-hydrogen) atoms. The second-order valence-corrected chi connectivity index (χ2v) is 5.09. The van der Waals surface area contributed by atoms with E-state index in [1.54, 1.807) is 24.4 Å². The molecule has 2 nitrogen and oxygen atoms in total. The highest BCUT2D eigenvalue weighted by atomic mass is 79.9. The molecular weight excluding hydrogens is 297 g/mol. The van der Waals surface area contributed by atoms with Gasteiger partial charge in [0.2, 0.25) is 0 Å². The van der Waals surface area contributed by atoms with Crippen molar-refractivity contribution < 1.29 is 9.13 Å². The van der Waals surface area contributed by atoms with Crippen LogP contribution in [0, 0.1) is 5.82 Å². The summed E-state index contributed by atoms with van der Waals surface area (Å²) in [6, 6.07) is 8.29. The first-order chi connectivity index (χ1) is 8.56. The molecule has 0 saturated carbocycles. The third-order valence-electron chi connectivity index (χ3n) is 2.31. The maximum absolute atomic E-state index is 13.8. The van der Waals surface area contributed by atoms with E-state index in [4.69, 9.17) is 4.74 Å². The van der Waals surface area contributed by atoms with E-state index in [0.29, 0.717) is 17.0 Å². The molecule has 2 rings (SSSR count). The van der Waals surface area contributed by atoms with Gasteiger partial charge in [-0.2, -0.15) is 0 Å². The highest BCUT2D eigenvalue weighted by Gasteiger charge is 2.09. The first-order valence-electron chi connectivity index (χ1n) is 5.64. The van der Waals surface area contributed by atoms with Crippen LogP contribution < -0.4 is 4.74 Å². The van der Waals surface area contributed by atoms with E-state index in [2.05, 4.69) is 20.9 Å². The lowest BCUT2D eigenvalue weighted by atomic mass is 10.1. The monoisotopic (exact) mass is 309 g/mol. The standard InChI is InChI=1S/C14H13BrFNO/c1-9(2)18-11-4-5-13(16)12(7-11)14-6-3-10(15)8-17-14/h3-9H,1-2H3. The van der Waals surface area contributed by atoms with Crippen molar-refractivity contribution in [2.75, 3.05) is 0 Å². The zero-order chi connectivity index (χ0) is 13.1. The summed E-state index contributed by atoms with van der Waals surface area (Å²) in [5.41, 5.74) is 1.03. The van der Waals surface area contributed by atoms with E-state index in [-0.39, 0.29) is 11.9 Å². The summed E-state index contributed by atoms with van der Waals surface area (Å²) in [6.45, 7) is 3.86. The second-order valence-electron chi connectivity index (χ2n) is 4.17. The normalized spacial score (nSPS) is 10.7. The number of hydrogen-bond acceptors (Lipinski definition) is 2. The Morgan fingerprint density at radius 2 is 2.00 bits per heavy atom. The zero-order valence-corrected chi connectivity index (χ0v) is 11.7. The smallest absolute Gasteiger partial charge is 0.132 e. The van der Waals surface area contributed by atoms with E-state index in [1.807, 2.05) is 19.9 Å². The number of ether oxygens (including phenoxy) is 1. The summed E-state index contributed by atoms with van der Waals surface area (Å²) in [5, 5.41) is 0. The maximum atomic E-state index is 13.8. The van der Waals surface area contributed by atoms with Crippen LogP contribution in [0.2, 0.25) is 0 Å². The highest BCUT2D eigenvalue weighted by Crippen LogP contribution is 2.26. The topological polar surface area (TPSA) is 22.1 Å². The van der Waals surface area contributed by atoms with Crippen molar-refractivity contribution >= 4 is 15.9 Å². The summed E-state index contributed by atoms with van der Waals surface area (Å²) in [5.74, 6) is 0.340. The molecule has 0 atom stereocenters. The number of nitrogens with zero attached hydrogens (tertiary/aromatic N) is 1. The third kappa shape index (κ3) is 3.07. The van der Waals surface area contributed by atoms with E-state index < -0.39 is 0 Å². The molecule has 1 aromatic heterocycles. The lowest BCUT2D eigenvalue weighted by molar-refractivity contribution is 0.242. The zero-order valence-electron chi connectivity index (χ0n) is 10.2. The summed E-state index contributed by atoms with van der Waals surface area (Å²) in [4.78, 5) is 4.19. The van der Waals surface area contributed by atoms with Crippen molar-refractivity contribution in [2.24, 2.45) is 0 Å². The van der Waals surface area contributed by atoms with Crippen molar-refractivity contribution in [1.29, 1.82) is 0 Å². The molecule has 0 aliphatic carbocycles. The predicted molar refractivity (Wildman–Crippen MR) is 73.1 cm³/mol. The largest absolute Gasteiger partial charge is 0.491 e. The fourth-order valence-corrected chi connectivity index (χ4v) is 1.82. The van der Waals surface area contributed by atoms with Gasteiger partial charge in [0.15, 0.2) is 0 Å². The molecule has 2 aromatic rings. The van der Waals surface area contributed by atoms with Gasteiger partial charge in [-0.3, -0.25) is 4.98 Å². The van der Waals surface area contributed by atoms with Crippen LogP contribution in [0.15, 0.2) is 41.0 Å². The van der Waals surface area contributed by atoms with Crippen LogP contribution in [0.25, 0.3) is 11.3 Å². The molecule has 0 fully saturated rings. The summed E-state index contributed by atoms with van der Waals surface area (Å²) in [6.07, 6.45) is 1.70. The Labute approximate surface area is 114 Å². The molecule has 0 radical (unpaired) electrons. The number of rotatable bonds is 3. The quantitative estimate of drug-likeness (QED) is 0.836. The summed E-state index contributed by atoms with van der Waals surface area (Å²) < 4.78 is 20.2. The van der Waals surface area contributed by atoms with Crippen molar-refractivity contribution in [3.05, 3.63) is 46.8 Å². The minimum Gasteiger partial charge on any atom is -0.491 e. The maximum Gasteiger partial charge on any atom is 0.132 e. The lowest BCUT2D eigenvalue weighted by Gasteiger charge is -2.11. The molecule has 0 saturated heterocycles. The molecule has 0 aliphatic heterocycles. The van der Waals surface area contributed by atoms with Crippen molar-refractivity contribution in [1.82, 2.24) is 4.98 Å². The van der Waals surface area contributed by atoms with Crippen LogP contribution in [0.3, 0.4) is 0 Å². The van der Waals surface area contributed by atoms with Crippen molar-refractivity contribution in [3.63, 3.8) is 0 Å². The molecule has 0 amide bonds. The fraction of sp³-hybridized carbons (Fsp3) is 0.214. The first-order valence-corrected chi connectivity index (χ1v) is 6.43. The molecule has 0 unspecified atom stereocenters. The third-order valence-corrected chi connectivity index (χ3v) is 2.78. The van der Waals surface area contributed by atoms with Gasteiger partial charge in [0, 0.05) is 16.2 Å². The average molecular weight is 310 g/mol. The van der Waals surface area contributed by atoms with E-state index in [0.717, 1.165) is 4.47 Å². The van der Waals surface area contributed by atoms with Crippen LogP contribution in [0.1, 0.15) is 13.8 Å². The molecule has 0 spiro atoms. The number of halogens is 2. The van der Waals surface area contributed by atoms with Crippen LogP contribution in [0.5, 0.6) is 5.75 Å². The van der Waals surface area contributed by atoms with Gasteiger partial charge in [-0.15, -0.1) is 0 Å². The van der Waals surface area contributed by atoms with Gasteiger partial charge in [-0.1, -0.05) is 0 Å². The SMILES string of the molecule is CC(C)Oc1ccc(F)c(-c2ccc(Br)cn2)c1. The molecule has 1 aromatic carbocycles. The van der Waals surface area contributed by atoms with Gasteiger partial charge in [-0.05, 0) is 60.1 Å². The Morgan fingerprint density at radius 1 is 1.22 bits per heavy atom. The van der Waals surface area contributed by atoms with E-state index >= 15 is 0 Å². The predicted octanol–water partition coefficient (Wildman–Crippen LogP) is 4.44. The number of aromatic nitrogens is 1. The Morgan fingerprint density at radius 3 is 2.61 bits per heavy atom. The molecular formula is C14H13BrFNO. The van der Waals surface area contributed by atoms with Gasteiger partial charge in [0.25, 0.3) is 0 Å². The number of pyridine rings is 1. The number of hydrogen-bond donors (Lipinski definition) is 0. The van der Waals surface area contributed by atoms with E-state index in [9.17, 15) is 4.39 Å². The molecule has 1 heterocycles. The Balaban J connectivity index is 2.39. The summed E-state index contributed by atoms with van der Waals surface area (Å²) in [7, 11) is 0. The minimum absolute atomic E-state index is 0.0567. The van der Waals surface area contributed by atoms with Crippen molar-refractivity contribution in [2.45, 2.75) is 20.0 Å². The molecule has 0 N–H and O–H groups in total. The van der Waals surface area contributed by atoms with Gasteiger partial charge in [0.1, 0.15) is 11.6 Å². The molecule has 0 bridgehead atoms. The van der Waals surface area contributed by atoms with Gasteiger partial charge in [0.05, 0.1) is 11.8 Å². The Hall–Kier alpha value is -1.42. The van der Waals surface area contributed by atoms with E-state index in [1.165, 1.54) is 6.07 Å². The van der Waals surface area contributed by atoms with Gasteiger partial charge < -0.3 is 4.74 Å². The van der Waals surface area contributed by atoms with Crippen molar-refractivity contribution in [3.8, 4) is 17.0 Å². The Bertz CT molecular complexity index is 540. The first kappa shape index (κ1) is 13.0. The molecule has 94 valence electrons. The highest BCUT2D eigenvalue weighted by molar-refractivity contribution is 9.10. The van der Waals surface area contributed by atoms with Gasteiger partial charge in [-0.25, -0.2) is 4.39 Å². The molecule has 4 heteroatoms. The van der Waals surface area contributed by atoms with Crippen LogP contribution >= 0.6 is 15.9 Å². The number of benzene rings is 1. The minimum atomic E-state index is -0.305. The average Bonchev–Trinajstić information content (AvgIpc) is 2.32. The van der Waals surface area contributed by atoms with Gasteiger partial charge >= 0.3 is 0 Å². The van der Waals surface area contributed by atoms with Crippen LogP contribution in [0.4, 0.5) is 4.39 Å². The van der Waals surface area contributed by atoms with Crippen LogP contribution in [-0.4, -0.2) is 11.1 Å². The summed E-state index contributed by atoms with van der Waals surface area (Å²) >= 11 is 3.30. The fourth-order valence-electron chi connectivity index (χ4n) is 1.58. The van der Waals surface area contributed by atoms with Crippen LogP contribution in [-0.2, 0) is 0 Å².